The molecule has 2 aliphatic rings. The van der Waals surface area contributed by atoms with Gasteiger partial charge in [-0.25, -0.2) is 9.59 Å². The number of esters is 2. The van der Waals surface area contributed by atoms with E-state index in [0.717, 1.165) is 72.2 Å². The average Bonchev–Trinajstić information content (AvgIpc) is 3.40. The van der Waals surface area contributed by atoms with Crippen molar-refractivity contribution in [3.8, 4) is 0 Å². The first-order valence-corrected chi connectivity index (χ1v) is 14.3. The summed E-state index contributed by atoms with van der Waals surface area (Å²) in [6, 6.07) is 0. The lowest BCUT2D eigenvalue weighted by Gasteiger charge is -2.12. The lowest BCUT2D eigenvalue weighted by Crippen LogP contribution is -2.19. The highest BCUT2D eigenvalue weighted by Crippen LogP contribution is 2.40. The van der Waals surface area contributed by atoms with Crippen LogP contribution in [0.25, 0.3) is 0 Å². The van der Waals surface area contributed by atoms with Gasteiger partial charge in [-0.3, -0.25) is 9.59 Å². The number of rotatable bonds is 9. The van der Waals surface area contributed by atoms with Gasteiger partial charge in [0.25, 0.3) is 0 Å². The molecule has 2 aliphatic carbocycles. The van der Waals surface area contributed by atoms with Crippen molar-refractivity contribution in [3.05, 3.63) is 32.0 Å². The number of ether oxygens (including phenoxy) is 2. The van der Waals surface area contributed by atoms with Crippen LogP contribution < -0.4 is 10.6 Å². The van der Waals surface area contributed by atoms with Gasteiger partial charge >= 0.3 is 11.9 Å². The summed E-state index contributed by atoms with van der Waals surface area (Å²) in [4.78, 5) is 52.9. The van der Waals surface area contributed by atoms with E-state index < -0.39 is 11.9 Å². The third-order valence-electron chi connectivity index (χ3n) is 6.39. The van der Waals surface area contributed by atoms with Crippen LogP contribution in [0.15, 0.2) is 0 Å². The predicted octanol–water partition coefficient (Wildman–Crippen LogP) is 5.28. The lowest BCUT2D eigenvalue weighted by molar-refractivity contribution is -0.121. The van der Waals surface area contributed by atoms with Crippen LogP contribution in [0.2, 0.25) is 0 Å². The van der Waals surface area contributed by atoms with Gasteiger partial charge in [0.2, 0.25) is 11.8 Å². The van der Waals surface area contributed by atoms with Crippen LogP contribution in [0.4, 0.5) is 10.0 Å². The van der Waals surface area contributed by atoms with E-state index in [2.05, 4.69) is 10.6 Å². The van der Waals surface area contributed by atoms with Crippen molar-refractivity contribution >= 4 is 56.4 Å². The summed E-state index contributed by atoms with van der Waals surface area (Å²) in [6.07, 6.45) is 7.40. The summed E-state index contributed by atoms with van der Waals surface area (Å²) in [5, 5.41) is 6.68. The van der Waals surface area contributed by atoms with Crippen LogP contribution in [-0.2, 0) is 44.7 Å². The van der Waals surface area contributed by atoms with Crippen molar-refractivity contribution in [1.29, 1.82) is 0 Å². The van der Waals surface area contributed by atoms with Crippen molar-refractivity contribution in [2.75, 3.05) is 23.8 Å². The number of amides is 2. The first kappa shape index (κ1) is 26.3. The molecule has 0 saturated heterocycles. The van der Waals surface area contributed by atoms with E-state index in [1.165, 1.54) is 22.7 Å². The molecule has 0 aliphatic heterocycles. The van der Waals surface area contributed by atoms with E-state index in [9.17, 15) is 19.2 Å². The van der Waals surface area contributed by atoms with Crippen molar-refractivity contribution in [2.45, 2.75) is 78.1 Å². The Labute approximate surface area is 218 Å². The molecule has 0 aromatic carbocycles. The number of carbonyl (C=O) groups is 4. The van der Waals surface area contributed by atoms with E-state index in [1.807, 2.05) is 0 Å². The van der Waals surface area contributed by atoms with Gasteiger partial charge in [0.05, 0.1) is 24.3 Å². The molecule has 2 aromatic rings. The van der Waals surface area contributed by atoms with E-state index >= 15 is 0 Å². The fourth-order valence-corrected chi connectivity index (χ4v) is 7.34. The highest BCUT2D eigenvalue weighted by atomic mass is 32.1. The molecular formula is C26H32N2O6S2. The standard InChI is InChI=1S/C26H32N2O6S2/c1-3-33-25(31)21-15-9-5-7-11-17(15)35-23(21)27-19(29)13-14-20(30)28-24-22(26(32)34-4-2)16-10-6-8-12-18(16)36-24/h3-14H2,1-2H3,(H,27,29)(H,28,30). The summed E-state index contributed by atoms with van der Waals surface area (Å²) >= 11 is 2.85. The molecule has 2 N–H and O–H groups in total. The number of hydrogen-bond acceptors (Lipinski definition) is 8. The largest absolute Gasteiger partial charge is 0.462 e. The summed E-state index contributed by atoms with van der Waals surface area (Å²) < 4.78 is 10.5. The SMILES string of the molecule is CCOC(=O)c1c(NC(=O)CCC(=O)Nc2sc3c(c2C(=O)OCC)CCCC3)sc2c1CCCC2. The molecule has 4 rings (SSSR count). The monoisotopic (exact) mass is 532 g/mol. The van der Waals surface area contributed by atoms with E-state index in [4.69, 9.17) is 9.47 Å². The highest BCUT2D eigenvalue weighted by molar-refractivity contribution is 7.17. The molecule has 0 unspecified atom stereocenters. The second-order valence-corrected chi connectivity index (χ2v) is 11.1. The Kier molecular flexibility index (Phi) is 8.79. The second-order valence-electron chi connectivity index (χ2n) is 8.87. The Morgan fingerprint density at radius 3 is 1.44 bits per heavy atom. The summed E-state index contributed by atoms with van der Waals surface area (Å²) in [6.45, 7) is 4.03. The molecule has 0 radical (unpaired) electrons. The number of hydrogen-bond donors (Lipinski definition) is 2. The molecule has 0 saturated carbocycles. The average molecular weight is 533 g/mol. The fraction of sp³-hybridized carbons (Fsp3) is 0.538. The number of anilines is 2. The van der Waals surface area contributed by atoms with Crippen molar-refractivity contribution in [3.63, 3.8) is 0 Å². The first-order chi connectivity index (χ1) is 17.4. The van der Waals surface area contributed by atoms with Gasteiger partial charge in [0.1, 0.15) is 10.0 Å². The highest BCUT2D eigenvalue weighted by Gasteiger charge is 2.29. The zero-order chi connectivity index (χ0) is 25.7. The molecule has 2 heterocycles. The summed E-state index contributed by atoms with van der Waals surface area (Å²) in [5.74, 6) is -1.52. The normalized spacial score (nSPS) is 14.4. The minimum Gasteiger partial charge on any atom is -0.462 e. The van der Waals surface area contributed by atoms with Gasteiger partial charge in [-0.1, -0.05) is 0 Å². The lowest BCUT2D eigenvalue weighted by atomic mass is 9.95. The molecular weight excluding hydrogens is 500 g/mol. The van der Waals surface area contributed by atoms with Crippen molar-refractivity contribution < 1.29 is 28.7 Å². The van der Waals surface area contributed by atoms with Crippen molar-refractivity contribution in [2.24, 2.45) is 0 Å². The van der Waals surface area contributed by atoms with Gasteiger partial charge in [-0.2, -0.15) is 0 Å². The van der Waals surface area contributed by atoms with E-state index in [1.54, 1.807) is 13.8 Å². The smallest absolute Gasteiger partial charge is 0.341 e. The summed E-state index contributed by atoms with van der Waals surface area (Å²) in [7, 11) is 0. The molecule has 0 fully saturated rings. The fourth-order valence-electron chi connectivity index (χ4n) is 4.75. The van der Waals surface area contributed by atoms with Crippen LogP contribution >= 0.6 is 22.7 Å². The third-order valence-corrected chi connectivity index (χ3v) is 8.80. The van der Waals surface area contributed by atoms with Crippen LogP contribution in [0.1, 0.15) is 94.0 Å². The Balaban J connectivity index is 1.41. The maximum Gasteiger partial charge on any atom is 0.341 e. The summed E-state index contributed by atoms with van der Waals surface area (Å²) in [5.41, 5.74) is 2.87. The van der Waals surface area contributed by atoms with Gasteiger partial charge in [-0.05, 0) is 76.3 Å². The Hall–Kier alpha value is -2.72. The van der Waals surface area contributed by atoms with Gasteiger partial charge < -0.3 is 20.1 Å². The van der Waals surface area contributed by atoms with Crippen LogP contribution in [-0.4, -0.2) is 37.0 Å². The minimum absolute atomic E-state index is 0.0451. The quantitative estimate of drug-likeness (QED) is 0.425. The molecule has 10 heteroatoms. The number of thiophene rings is 2. The van der Waals surface area contributed by atoms with Gasteiger partial charge in [0.15, 0.2) is 0 Å². The zero-order valence-electron chi connectivity index (χ0n) is 20.8. The minimum atomic E-state index is -0.418. The topological polar surface area (TPSA) is 111 Å². The Bertz CT molecular complexity index is 1080. The number of fused-ring (bicyclic) bond motifs is 2. The van der Waals surface area contributed by atoms with Crippen LogP contribution in [0.3, 0.4) is 0 Å². The number of carbonyl (C=O) groups excluding carboxylic acids is 4. The van der Waals surface area contributed by atoms with E-state index in [0.29, 0.717) is 21.1 Å². The predicted molar refractivity (Wildman–Crippen MR) is 140 cm³/mol. The molecule has 36 heavy (non-hydrogen) atoms. The zero-order valence-corrected chi connectivity index (χ0v) is 22.4. The maximum atomic E-state index is 12.7. The Morgan fingerprint density at radius 1 is 0.667 bits per heavy atom. The third kappa shape index (κ3) is 5.81. The molecule has 0 atom stereocenters. The Morgan fingerprint density at radius 2 is 1.06 bits per heavy atom. The maximum absolute atomic E-state index is 12.7. The molecule has 2 aromatic heterocycles. The molecule has 0 bridgehead atoms. The molecule has 2 amide bonds. The van der Waals surface area contributed by atoms with Crippen LogP contribution in [0, 0.1) is 0 Å². The van der Waals surface area contributed by atoms with E-state index in [-0.39, 0.29) is 37.9 Å². The molecule has 8 nitrogen and oxygen atoms in total. The van der Waals surface area contributed by atoms with Gasteiger partial charge in [0, 0.05) is 22.6 Å². The molecule has 194 valence electrons. The second kappa shape index (κ2) is 12.0. The number of aryl methyl sites for hydroxylation is 2. The first-order valence-electron chi connectivity index (χ1n) is 12.7. The van der Waals surface area contributed by atoms with Crippen molar-refractivity contribution in [1.82, 2.24) is 0 Å². The van der Waals surface area contributed by atoms with Gasteiger partial charge in [-0.15, -0.1) is 22.7 Å². The van der Waals surface area contributed by atoms with Crippen LogP contribution in [0.5, 0.6) is 0 Å². The molecule has 0 spiro atoms. The number of nitrogens with one attached hydrogen (secondary N) is 2.